The second-order valence-electron chi connectivity index (χ2n) is 4.14. The molecule has 1 saturated heterocycles. The van der Waals surface area contributed by atoms with Crippen molar-refractivity contribution in [3.05, 3.63) is 24.0 Å². The lowest BCUT2D eigenvalue weighted by Crippen LogP contribution is -2.40. The van der Waals surface area contributed by atoms with Gasteiger partial charge in [-0.2, -0.15) is 0 Å². The highest BCUT2D eigenvalue weighted by Gasteiger charge is 2.23. The van der Waals surface area contributed by atoms with E-state index < -0.39 is 5.97 Å². The zero-order valence-corrected chi connectivity index (χ0v) is 9.80. The molecule has 1 aliphatic heterocycles. The molecule has 1 aromatic rings. The molecule has 1 aliphatic rings. The molecule has 0 amide bonds. The fraction of sp³-hybridized carbons (Fsp3) is 0.500. The summed E-state index contributed by atoms with van der Waals surface area (Å²) in [5.74, 6) is -0.915. The quantitative estimate of drug-likeness (QED) is 0.859. The van der Waals surface area contributed by atoms with Crippen molar-refractivity contribution in [1.82, 2.24) is 4.98 Å². The third kappa shape index (κ3) is 2.55. The Balaban J connectivity index is 2.24. The summed E-state index contributed by atoms with van der Waals surface area (Å²) >= 11 is 0. The van der Waals surface area contributed by atoms with Crippen LogP contribution in [0, 0.1) is 0 Å². The molecule has 5 nitrogen and oxygen atoms in total. The number of pyridine rings is 1. The summed E-state index contributed by atoms with van der Waals surface area (Å²) in [7, 11) is 1.69. The summed E-state index contributed by atoms with van der Waals surface area (Å²) < 4.78 is 5.33. The number of carbonyl (C=O) groups is 1. The highest BCUT2D eigenvalue weighted by molar-refractivity contribution is 5.94. The van der Waals surface area contributed by atoms with Gasteiger partial charge in [0.05, 0.1) is 23.6 Å². The van der Waals surface area contributed by atoms with Crippen LogP contribution in [-0.4, -0.2) is 42.4 Å². The van der Waals surface area contributed by atoms with E-state index in [0.29, 0.717) is 11.3 Å². The lowest BCUT2D eigenvalue weighted by atomic mass is 10.1. The Bertz CT molecular complexity index is 408. The predicted molar refractivity (Wildman–Crippen MR) is 63.4 cm³/mol. The number of aromatic nitrogens is 1. The highest BCUT2D eigenvalue weighted by atomic mass is 16.5. The SMILES string of the molecule is COC1CCCN(c2cnccc2C(=O)O)C1. The van der Waals surface area contributed by atoms with Crippen LogP contribution in [0.5, 0.6) is 0 Å². The van der Waals surface area contributed by atoms with Crippen LogP contribution in [-0.2, 0) is 4.74 Å². The molecule has 0 saturated carbocycles. The van der Waals surface area contributed by atoms with Gasteiger partial charge in [-0.25, -0.2) is 4.79 Å². The van der Waals surface area contributed by atoms with Gasteiger partial charge in [0, 0.05) is 26.4 Å². The van der Waals surface area contributed by atoms with Gasteiger partial charge in [-0.3, -0.25) is 4.98 Å². The zero-order chi connectivity index (χ0) is 12.3. The Morgan fingerprint density at radius 1 is 1.65 bits per heavy atom. The van der Waals surface area contributed by atoms with Crippen LogP contribution >= 0.6 is 0 Å². The van der Waals surface area contributed by atoms with Gasteiger partial charge in [-0.15, -0.1) is 0 Å². The van der Waals surface area contributed by atoms with Crippen molar-refractivity contribution in [1.29, 1.82) is 0 Å². The number of piperidine rings is 1. The third-order valence-corrected chi connectivity index (χ3v) is 3.08. The number of aromatic carboxylic acids is 1. The Morgan fingerprint density at radius 3 is 3.18 bits per heavy atom. The Morgan fingerprint density at radius 2 is 2.47 bits per heavy atom. The molecule has 0 bridgehead atoms. The minimum atomic E-state index is -0.915. The molecule has 0 aliphatic carbocycles. The van der Waals surface area contributed by atoms with Crippen LogP contribution < -0.4 is 4.90 Å². The topological polar surface area (TPSA) is 62.7 Å². The highest BCUT2D eigenvalue weighted by Crippen LogP contribution is 2.24. The monoisotopic (exact) mass is 236 g/mol. The summed E-state index contributed by atoms with van der Waals surface area (Å²) in [6, 6.07) is 1.54. The van der Waals surface area contributed by atoms with Crippen molar-refractivity contribution in [2.45, 2.75) is 18.9 Å². The number of rotatable bonds is 3. The minimum Gasteiger partial charge on any atom is -0.478 e. The molecule has 1 atom stereocenters. The molecule has 5 heteroatoms. The molecular weight excluding hydrogens is 220 g/mol. The van der Waals surface area contributed by atoms with Crippen molar-refractivity contribution in [2.75, 3.05) is 25.1 Å². The minimum absolute atomic E-state index is 0.172. The normalized spacial score (nSPS) is 20.3. The summed E-state index contributed by atoms with van der Waals surface area (Å²) in [6.07, 6.45) is 5.32. The first-order valence-corrected chi connectivity index (χ1v) is 5.67. The van der Waals surface area contributed by atoms with E-state index in [-0.39, 0.29) is 6.10 Å². The molecule has 0 aromatic carbocycles. The van der Waals surface area contributed by atoms with Crippen LogP contribution in [0.3, 0.4) is 0 Å². The first kappa shape index (κ1) is 11.9. The van der Waals surface area contributed by atoms with Gasteiger partial charge < -0.3 is 14.7 Å². The van der Waals surface area contributed by atoms with Crippen LogP contribution in [0.2, 0.25) is 0 Å². The lowest BCUT2D eigenvalue weighted by Gasteiger charge is -2.34. The number of nitrogens with zero attached hydrogens (tertiary/aromatic N) is 2. The van der Waals surface area contributed by atoms with E-state index in [4.69, 9.17) is 9.84 Å². The van der Waals surface area contributed by atoms with Gasteiger partial charge in [-0.05, 0) is 18.9 Å². The molecular formula is C12H16N2O3. The smallest absolute Gasteiger partial charge is 0.337 e. The van der Waals surface area contributed by atoms with Crippen molar-refractivity contribution in [3.8, 4) is 0 Å². The number of hydrogen-bond acceptors (Lipinski definition) is 4. The first-order chi connectivity index (χ1) is 8.22. The number of carboxylic acids is 1. The Labute approximate surface area is 100 Å². The van der Waals surface area contributed by atoms with Gasteiger partial charge >= 0.3 is 5.97 Å². The van der Waals surface area contributed by atoms with Crippen LogP contribution in [0.15, 0.2) is 18.5 Å². The van der Waals surface area contributed by atoms with E-state index in [1.54, 1.807) is 13.3 Å². The van der Waals surface area contributed by atoms with Gasteiger partial charge in [0.15, 0.2) is 0 Å². The molecule has 1 fully saturated rings. The third-order valence-electron chi connectivity index (χ3n) is 3.08. The van der Waals surface area contributed by atoms with E-state index in [0.717, 1.165) is 25.9 Å². The van der Waals surface area contributed by atoms with Crippen molar-refractivity contribution in [2.24, 2.45) is 0 Å². The Kier molecular flexibility index (Phi) is 3.58. The van der Waals surface area contributed by atoms with Crippen LogP contribution in [0.4, 0.5) is 5.69 Å². The molecule has 0 spiro atoms. The summed E-state index contributed by atoms with van der Waals surface area (Å²) in [4.78, 5) is 17.2. The van der Waals surface area contributed by atoms with Gasteiger partial charge in [-0.1, -0.05) is 0 Å². The average molecular weight is 236 g/mol. The first-order valence-electron chi connectivity index (χ1n) is 5.67. The molecule has 1 N–H and O–H groups in total. The summed E-state index contributed by atoms with van der Waals surface area (Å²) in [6.45, 7) is 1.58. The number of hydrogen-bond donors (Lipinski definition) is 1. The molecule has 2 rings (SSSR count). The predicted octanol–water partition coefficient (Wildman–Crippen LogP) is 1.40. The zero-order valence-electron chi connectivity index (χ0n) is 9.80. The largest absolute Gasteiger partial charge is 0.478 e. The van der Waals surface area contributed by atoms with Crippen molar-refractivity contribution >= 4 is 11.7 Å². The maximum Gasteiger partial charge on any atom is 0.337 e. The second-order valence-corrected chi connectivity index (χ2v) is 4.14. The number of methoxy groups -OCH3 is 1. The average Bonchev–Trinajstić information content (AvgIpc) is 2.39. The Hall–Kier alpha value is -1.62. The maximum absolute atomic E-state index is 11.1. The molecule has 1 aromatic heterocycles. The molecule has 17 heavy (non-hydrogen) atoms. The summed E-state index contributed by atoms with van der Waals surface area (Å²) in [5.41, 5.74) is 0.985. The number of carboxylic acid groups (broad SMARTS) is 1. The van der Waals surface area contributed by atoms with E-state index >= 15 is 0 Å². The number of ether oxygens (including phenoxy) is 1. The van der Waals surface area contributed by atoms with E-state index in [9.17, 15) is 4.79 Å². The molecule has 0 radical (unpaired) electrons. The van der Waals surface area contributed by atoms with Crippen LogP contribution in [0.1, 0.15) is 23.2 Å². The fourth-order valence-corrected chi connectivity index (χ4v) is 2.17. The maximum atomic E-state index is 11.1. The van der Waals surface area contributed by atoms with Crippen LogP contribution in [0.25, 0.3) is 0 Å². The number of anilines is 1. The summed E-state index contributed by atoms with van der Waals surface area (Å²) in [5, 5.41) is 9.13. The molecule has 1 unspecified atom stereocenters. The van der Waals surface area contributed by atoms with Crippen molar-refractivity contribution < 1.29 is 14.6 Å². The fourth-order valence-electron chi connectivity index (χ4n) is 2.17. The van der Waals surface area contributed by atoms with E-state index in [1.165, 1.54) is 12.3 Å². The van der Waals surface area contributed by atoms with Gasteiger partial charge in [0.25, 0.3) is 0 Å². The van der Waals surface area contributed by atoms with Gasteiger partial charge in [0.2, 0.25) is 0 Å². The van der Waals surface area contributed by atoms with E-state index in [2.05, 4.69) is 4.98 Å². The lowest BCUT2D eigenvalue weighted by molar-refractivity contribution is 0.0695. The van der Waals surface area contributed by atoms with E-state index in [1.807, 2.05) is 4.90 Å². The molecule has 2 heterocycles. The van der Waals surface area contributed by atoms with Gasteiger partial charge in [0.1, 0.15) is 0 Å². The van der Waals surface area contributed by atoms with Crippen molar-refractivity contribution in [3.63, 3.8) is 0 Å². The second kappa shape index (κ2) is 5.14. The standard InChI is InChI=1S/C12H16N2O3/c1-17-9-3-2-6-14(8-9)11-7-13-5-4-10(11)12(15)16/h4-5,7,9H,2-3,6,8H2,1H3,(H,15,16). The molecule has 92 valence electrons.